The number of nitrogens with two attached hydrogens (primary N) is 1. The van der Waals surface area contributed by atoms with E-state index in [1.807, 2.05) is 18.2 Å². The number of hydrogen-bond acceptors (Lipinski definition) is 4. The number of carbonyl (C=O) groups excluding carboxylic acids is 1. The minimum absolute atomic E-state index is 0.199. The zero-order valence-corrected chi connectivity index (χ0v) is 14.0. The second kappa shape index (κ2) is 7.27. The smallest absolute Gasteiger partial charge is 0.254 e. The van der Waals surface area contributed by atoms with E-state index in [4.69, 9.17) is 17.3 Å². The zero-order chi connectivity index (χ0) is 17.8. The molecule has 5 N–H and O–H groups in total. The molecule has 7 heteroatoms. The second-order valence-electron chi connectivity index (χ2n) is 5.62. The van der Waals surface area contributed by atoms with E-state index >= 15 is 0 Å². The summed E-state index contributed by atoms with van der Waals surface area (Å²) in [5, 5.41) is 20.1. The summed E-state index contributed by atoms with van der Waals surface area (Å²) in [6.45, 7) is 0.446. The third-order valence-electron chi connectivity index (χ3n) is 3.75. The first-order valence-corrected chi connectivity index (χ1v) is 8.04. The lowest BCUT2D eigenvalue weighted by atomic mass is 10.1. The van der Waals surface area contributed by atoms with Gasteiger partial charge in [-0.15, -0.1) is 0 Å². The van der Waals surface area contributed by atoms with Crippen LogP contribution >= 0.6 is 11.6 Å². The minimum atomic E-state index is -0.556. The Kier molecular flexibility index (Phi) is 4.90. The predicted molar refractivity (Wildman–Crippen MR) is 96.8 cm³/mol. The van der Waals surface area contributed by atoms with Gasteiger partial charge in [0.15, 0.2) is 5.82 Å². The number of carbonyl (C=O) groups is 1. The van der Waals surface area contributed by atoms with Crippen LogP contribution in [0, 0.1) is 0 Å². The maximum atomic E-state index is 11.9. The van der Waals surface area contributed by atoms with Gasteiger partial charge in [0.25, 0.3) is 5.91 Å². The molecule has 1 aromatic heterocycles. The highest BCUT2D eigenvalue weighted by Gasteiger charge is 2.18. The molecule has 0 atom stereocenters. The Morgan fingerprint density at radius 1 is 1.20 bits per heavy atom. The van der Waals surface area contributed by atoms with Crippen LogP contribution in [-0.2, 0) is 13.0 Å². The van der Waals surface area contributed by atoms with Crippen molar-refractivity contribution in [1.82, 2.24) is 10.2 Å². The van der Waals surface area contributed by atoms with Gasteiger partial charge in [0.1, 0.15) is 11.3 Å². The Labute approximate surface area is 149 Å². The van der Waals surface area contributed by atoms with Gasteiger partial charge in [0, 0.05) is 18.0 Å². The Hall–Kier alpha value is -2.99. The fraction of sp³-hybridized carbons (Fsp3) is 0.111. The van der Waals surface area contributed by atoms with Crippen molar-refractivity contribution in [2.24, 2.45) is 5.73 Å². The molecule has 2 aromatic carbocycles. The highest BCUT2D eigenvalue weighted by Crippen LogP contribution is 2.21. The summed E-state index contributed by atoms with van der Waals surface area (Å²) in [7, 11) is 0. The van der Waals surface area contributed by atoms with Crippen molar-refractivity contribution >= 4 is 23.3 Å². The molecule has 128 valence electrons. The first kappa shape index (κ1) is 16.9. The van der Waals surface area contributed by atoms with Crippen LogP contribution in [0.25, 0.3) is 0 Å². The number of halogens is 1. The number of amides is 1. The lowest BCUT2D eigenvalue weighted by molar-refractivity contribution is 0.100. The molecule has 0 bridgehead atoms. The number of rotatable bonds is 6. The number of phenols is 1. The van der Waals surface area contributed by atoms with Crippen LogP contribution in [0.15, 0.2) is 48.5 Å². The van der Waals surface area contributed by atoms with Crippen molar-refractivity contribution in [3.63, 3.8) is 0 Å². The number of nitrogens with one attached hydrogen (secondary N) is 2. The van der Waals surface area contributed by atoms with E-state index in [0.29, 0.717) is 35.1 Å². The first-order valence-electron chi connectivity index (χ1n) is 7.66. The van der Waals surface area contributed by atoms with Crippen molar-refractivity contribution < 1.29 is 9.90 Å². The van der Waals surface area contributed by atoms with Gasteiger partial charge in [-0.2, -0.15) is 5.10 Å². The minimum Gasteiger partial charge on any atom is -0.508 e. The van der Waals surface area contributed by atoms with E-state index in [0.717, 1.165) is 11.1 Å². The maximum absolute atomic E-state index is 11.9. The Morgan fingerprint density at radius 3 is 2.64 bits per heavy atom. The van der Waals surface area contributed by atoms with E-state index in [2.05, 4.69) is 15.5 Å². The molecule has 25 heavy (non-hydrogen) atoms. The molecule has 3 rings (SSSR count). The molecule has 0 spiro atoms. The number of aromatic nitrogens is 2. The number of primary amides is 1. The highest BCUT2D eigenvalue weighted by atomic mass is 35.5. The quantitative estimate of drug-likeness (QED) is 0.544. The second-order valence-corrected chi connectivity index (χ2v) is 6.05. The summed E-state index contributed by atoms with van der Waals surface area (Å²) in [4.78, 5) is 11.9. The number of benzene rings is 2. The fourth-order valence-electron chi connectivity index (χ4n) is 2.55. The van der Waals surface area contributed by atoms with Crippen molar-refractivity contribution in [2.45, 2.75) is 13.0 Å². The van der Waals surface area contributed by atoms with Crippen LogP contribution in [0.3, 0.4) is 0 Å². The summed E-state index contributed by atoms with van der Waals surface area (Å²) in [5.74, 6) is 0.0433. The molecule has 3 aromatic rings. The molecule has 6 nitrogen and oxygen atoms in total. The molecule has 0 aliphatic rings. The van der Waals surface area contributed by atoms with Crippen LogP contribution in [0.4, 0.5) is 5.82 Å². The Bertz CT molecular complexity index is 890. The average Bonchev–Trinajstić information content (AvgIpc) is 2.97. The van der Waals surface area contributed by atoms with E-state index in [1.165, 1.54) is 0 Å². The van der Waals surface area contributed by atoms with Gasteiger partial charge in [-0.3, -0.25) is 9.89 Å². The molecule has 0 radical (unpaired) electrons. The Balaban J connectivity index is 1.79. The summed E-state index contributed by atoms with van der Waals surface area (Å²) >= 11 is 6.00. The number of aromatic amines is 1. The third-order valence-corrected chi connectivity index (χ3v) is 3.99. The lowest BCUT2D eigenvalue weighted by Gasteiger charge is -2.06. The molecule has 0 saturated heterocycles. The summed E-state index contributed by atoms with van der Waals surface area (Å²) in [6, 6.07) is 14.2. The van der Waals surface area contributed by atoms with Crippen LogP contribution in [0.2, 0.25) is 5.02 Å². The van der Waals surface area contributed by atoms with Crippen LogP contribution in [0.5, 0.6) is 5.75 Å². The van der Waals surface area contributed by atoms with Gasteiger partial charge in [-0.1, -0.05) is 35.9 Å². The summed E-state index contributed by atoms with van der Waals surface area (Å²) in [5.41, 5.74) is 8.38. The SMILES string of the molecule is NC(=O)c1c(NCc2ccc(O)cc2)n[nH]c1Cc1cccc(Cl)c1. The number of nitrogens with zero attached hydrogens (tertiary/aromatic N) is 1. The zero-order valence-electron chi connectivity index (χ0n) is 13.3. The number of H-pyrrole nitrogens is 1. The highest BCUT2D eigenvalue weighted by molar-refractivity contribution is 6.30. The van der Waals surface area contributed by atoms with Crippen LogP contribution in [-0.4, -0.2) is 21.2 Å². The van der Waals surface area contributed by atoms with E-state index < -0.39 is 5.91 Å². The van der Waals surface area contributed by atoms with E-state index in [9.17, 15) is 9.90 Å². The van der Waals surface area contributed by atoms with Gasteiger partial charge >= 0.3 is 0 Å². The van der Waals surface area contributed by atoms with Gasteiger partial charge in [-0.25, -0.2) is 0 Å². The number of phenolic OH excluding ortho intramolecular Hbond substituents is 1. The van der Waals surface area contributed by atoms with E-state index in [1.54, 1.807) is 30.3 Å². The monoisotopic (exact) mass is 356 g/mol. The molecule has 0 unspecified atom stereocenters. The number of hydrogen-bond donors (Lipinski definition) is 4. The van der Waals surface area contributed by atoms with Crippen molar-refractivity contribution in [3.8, 4) is 5.75 Å². The molecule has 1 amide bonds. The third kappa shape index (κ3) is 4.10. The molecular weight excluding hydrogens is 340 g/mol. The first-order chi connectivity index (χ1) is 12.0. The van der Waals surface area contributed by atoms with Crippen molar-refractivity contribution in [3.05, 3.63) is 75.9 Å². The number of anilines is 1. The molecule has 0 saturated carbocycles. The number of aromatic hydroxyl groups is 1. The average molecular weight is 357 g/mol. The summed E-state index contributed by atoms with van der Waals surface area (Å²) in [6.07, 6.45) is 0.465. The predicted octanol–water partition coefficient (Wildman–Crippen LogP) is 3.07. The molecule has 0 fully saturated rings. The molecule has 0 aliphatic carbocycles. The largest absolute Gasteiger partial charge is 0.508 e. The standard InChI is InChI=1S/C18H17ClN4O2/c19-13-3-1-2-12(8-13)9-15-16(17(20)25)18(23-22-15)21-10-11-4-6-14(24)7-5-11/h1-8,24H,9-10H2,(H2,20,25)(H2,21,22,23). The maximum Gasteiger partial charge on any atom is 0.254 e. The van der Waals surface area contributed by atoms with Crippen molar-refractivity contribution in [2.75, 3.05) is 5.32 Å². The van der Waals surface area contributed by atoms with Crippen LogP contribution in [0.1, 0.15) is 27.2 Å². The van der Waals surface area contributed by atoms with Gasteiger partial charge in [0.05, 0.1) is 5.69 Å². The lowest BCUT2D eigenvalue weighted by Crippen LogP contribution is -2.15. The topological polar surface area (TPSA) is 104 Å². The van der Waals surface area contributed by atoms with Gasteiger partial charge in [-0.05, 0) is 35.4 Å². The Morgan fingerprint density at radius 2 is 1.96 bits per heavy atom. The van der Waals surface area contributed by atoms with Gasteiger partial charge in [0.2, 0.25) is 0 Å². The molecular formula is C18H17ClN4O2. The fourth-order valence-corrected chi connectivity index (χ4v) is 2.76. The van der Waals surface area contributed by atoms with Crippen molar-refractivity contribution in [1.29, 1.82) is 0 Å². The normalized spacial score (nSPS) is 10.6. The molecule has 1 heterocycles. The summed E-state index contributed by atoms with van der Waals surface area (Å²) < 4.78 is 0. The van der Waals surface area contributed by atoms with Gasteiger partial charge < -0.3 is 16.2 Å². The van der Waals surface area contributed by atoms with E-state index in [-0.39, 0.29) is 5.75 Å². The molecule has 0 aliphatic heterocycles. The van der Waals surface area contributed by atoms with Crippen LogP contribution < -0.4 is 11.1 Å².